The zero-order valence-corrected chi connectivity index (χ0v) is 11.2. The molecular formula is C11H13Cl2N3O2. The number of aliphatic hydroxyl groups is 1. The summed E-state index contributed by atoms with van der Waals surface area (Å²) < 4.78 is 0. The van der Waals surface area contributed by atoms with Crippen LogP contribution in [0.4, 0.5) is 0 Å². The Hall–Kier alpha value is -0.910. The van der Waals surface area contributed by atoms with Crippen LogP contribution in [0.15, 0.2) is 6.07 Å². The van der Waals surface area contributed by atoms with Gasteiger partial charge in [-0.05, 0) is 25.3 Å². The third kappa shape index (κ3) is 2.74. The molecule has 1 saturated carbocycles. The van der Waals surface area contributed by atoms with E-state index in [1.807, 2.05) is 0 Å². The Kier molecular flexibility index (Phi) is 4.37. The van der Waals surface area contributed by atoms with Crippen molar-refractivity contribution < 1.29 is 9.90 Å². The van der Waals surface area contributed by atoms with Crippen LogP contribution in [-0.2, 0) is 0 Å². The van der Waals surface area contributed by atoms with E-state index in [0.29, 0.717) is 6.54 Å². The fourth-order valence-corrected chi connectivity index (χ4v) is 2.23. The van der Waals surface area contributed by atoms with Crippen LogP contribution in [0.2, 0.25) is 10.3 Å². The molecular weight excluding hydrogens is 277 g/mol. The second-order valence-electron chi connectivity index (χ2n) is 4.18. The lowest BCUT2D eigenvalue weighted by Gasteiger charge is -2.37. The van der Waals surface area contributed by atoms with Gasteiger partial charge in [0, 0.05) is 12.6 Å². The molecule has 0 bridgehead atoms. The van der Waals surface area contributed by atoms with E-state index in [4.69, 9.17) is 28.3 Å². The fourth-order valence-electron chi connectivity index (χ4n) is 1.91. The van der Waals surface area contributed by atoms with Crippen LogP contribution in [-0.4, -0.2) is 45.3 Å². The molecule has 1 aromatic rings. The van der Waals surface area contributed by atoms with Gasteiger partial charge in [0.2, 0.25) is 0 Å². The quantitative estimate of drug-likeness (QED) is 0.917. The third-order valence-corrected chi connectivity index (χ3v) is 3.53. The first kappa shape index (κ1) is 13.5. The number of hydrogen-bond donors (Lipinski definition) is 1. The molecule has 1 amide bonds. The van der Waals surface area contributed by atoms with Crippen molar-refractivity contribution in [3.05, 3.63) is 21.9 Å². The maximum absolute atomic E-state index is 12.3. The third-order valence-electron chi connectivity index (χ3n) is 3.07. The number of aliphatic hydroxyl groups excluding tert-OH is 1. The number of hydrogen-bond acceptors (Lipinski definition) is 4. The van der Waals surface area contributed by atoms with Crippen molar-refractivity contribution in [1.29, 1.82) is 0 Å². The number of aromatic nitrogens is 2. The summed E-state index contributed by atoms with van der Waals surface area (Å²) >= 11 is 11.6. The zero-order valence-electron chi connectivity index (χ0n) is 9.64. The lowest BCUT2D eigenvalue weighted by molar-refractivity contribution is 0.0525. The Balaban J connectivity index is 2.23. The van der Waals surface area contributed by atoms with Crippen LogP contribution in [0.5, 0.6) is 0 Å². The van der Waals surface area contributed by atoms with Gasteiger partial charge in [-0.3, -0.25) is 4.79 Å². The molecule has 1 N–H and O–H groups in total. The molecule has 1 heterocycles. The van der Waals surface area contributed by atoms with Crippen LogP contribution in [0.3, 0.4) is 0 Å². The molecule has 2 rings (SSSR count). The second-order valence-corrected chi connectivity index (χ2v) is 4.92. The van der Waals surface area contributed by atoms with Gasteiger partial charge in [-0.2, -0.15) is 0 Å². The number of rotatable bonds is 4. The maximum atomic E-state index is 12.3. The second kappa shape index (κ2) is 5.82. The number of amides is 1. The molecule has 98 valence electrons. The van der Waals surface area contributed by atoms with E-state index in [1.54, 1.807) is 4.90 Å². The molecule has 0 radical (unpaired) electrons. The SMILES string of the molecule is O=C(c1cc(Cl)nnc1Cl)N(CCO)C1CCC1. The summed E-state index contributed by atoms with van der Waals surface area (Å²) in [7, 11) is 0. The van der Waals surface area contributed by atoms with Crippen LogP contribution < -0.4 is 0 Å². The van der Waals surface area contributed by atoms with E-state index < -0.39 is 0 Å². The Morgan fingerprint density at radius 2 is 2.17 bits per heavy atom. The summed E-state index contributed by atoms with van der Waals surface area (Å²) in [6, 6.07) is 1.58. The van der Waals surface area contributed by atoms with Gasteiger partial charge in [0.05, 0.1) is 12.2 Å². The highest BCUT2D eigenvalue weighted by molar-refractivity contribution is 6.34. The normalized spacial score (nSPS) is 15.3. The highest BCUT2D eigenvalue weighted by Crippen LogP contribution is 2.27. The fraction of sp³-hybridized carbons (Fsp3) is 0.545. The number of halogens is 2. The Labute approximate surface area is 115 Å². The molecule has 1 aliphatic rings. The first-order chi connectivity index (χ1) is 8.63. The van der Waals surface area contributed by atoms with Crippen LogP contribution in [0, 0.1) is 0 Å². The molecule has 1 fully saturated rings. The van der Waals surface area contributed by atoms with Crippen molar-refractivity contribution >= 4 is 29.1 Å². The topological polar surface area (TPSA) is 66.3 Å². The van der Waals surface area contributed by atoms with Gasteiger partial charge in [-0.25, -0.2) is 0 Å². The number of carbonyl (C=O) groups is 1. The molecule has 18 heavy (non-hydrogen) atoms. The van der Waals surface area contributed by atoms with E-state index in [1.165, 1.54) is 6.07 Å². The molecule has 7 heteroatoms. The molecule has 1 aliphatic carbocycles. The van der Waals surface area contributed by atoms with Crippen LogP contribution in [0.1, 0.15) is 29.6 Å². The van der Waals surface area contributed by atoms with Gasteiger partial charge in [0.15, 0.2) is 10.3 Å². The highest BCUT2D eigenvalue weighted by Gasteiger charge is 2.30. The first-order valence-corrected chi connectivity index (χ1v) is 6.49. The van der Waals surface area contributed by atoms with E-state index in [0.717, 1.165) is 19.3 Å². The van der Waals surface area contributed by atoms with Crippen LogP contribution in [0.25, 0.3) is 0 Å². The van der Waals surface area contributed by atoms with Gasteiger partial charge >= 0.3 is 0 Å². The van der Waals surface area contributed by atoms with Gasteiger partial charge < -0.3 is 10.0 Å². The average Bonchev–Trinajstić information content (AvgIpc) is 2.28. The van der Waals surface area contributed by atoms with Crippen molar-refractivity contribution in [2.45, 2.75) is 25.3 Å². The molecule has 0 spiro atoms. The minimum absolute atomic E-state index is 0.0339. The minimum Gasteiger partial charge on any atom is -0.395 e. The van der Waals surface area contributed by atoms with Crippen molar-refractivity contribution in [3.63, 3.8) is 0 Å². The first-order valence-electron chi connectivity index (χ1n) is 5.74. The Bertz CT molecular complexity index is 452. The molecule has 0 aliphatic heterocycles. The van der Waals surface area contributed by atoms with Gasteiger partial charge in [0.1, 0.15) is 0 Å². The summed E-state index contributed by atoms with van der Waals surface area (Å²) in [5.41, 5.74) is 0.233. The standard InChI is InChI=1S/C11H13Cl2N3O2/c12-9-6-8(10(13)15-14-9)11(18)16(4-5-17)7-2-1-3-7/h6-7,17H,1-5H2. The molecule has 0 saturated heterocycles. The van der Waals surface area contributed by atoms with Crippen LogP contribution >= 0.6 is 23.2 Å². The predicted octanol–water partition coefficient (Wildman–Crippen LogP) is 1.77. The minimum atomic E-state index is -0.254. The van der Waals surface area contributed by atoms with E-state index in [9.17, 15) is 4.79 Å². The summed E-state index contributed by atoms with van der Waals surface area (Å²) in [6.45, 7) is 0.214. The predicted molar refractivity (Wildman–Crippen MR) is 67.8 cm³/mol. The smallest absolute Gasteiger partial charge is 0.257 e. The summed E-state index contributed by atoms with van der Waals surface area (Å²) in [5, 5.41) is 16.4. The van der Waals surface area contributed by atoms with Crippen molar-refractivity contribution in [2.24, 2.45) is 0 Å². The zero-order chi connectivity index (χ0) is 13.1. The van der Waals surface area contributed by atoms with Gasteiger partial charge in [0.25, 0.3) is 5.91 Å². The Morgan fingerprint density at radius 3 is 2.72 bits per heavy atom. The maximum Gasteiger partial charge on any atom is 0.257 e. The molecule has 0 atom stereocenters. The van der Waals surface area contributed by atoms with E-state index in [-0.39, 0.29) is 34.4 Å². The molecule has 0 aromatic carbocycles. The van der Waals surface area contributed by atoms with E-state index >= 15 is 0 Å². The van der Waals surface area contributed by atoms with Crippen molar-refractivity contribution in [2.75, 3.05) is 13.2 Å². The number of carbonyl (C=O) groups excluding carboxylic acids is 1. The van der Waals surface area contributed by atoms with Gasteiger partial charge in [-0.1, -0.05) is 23.2 Å². The van der Waals surface area contributed by atoms with E-state index in [2.05, 4.69) is 10.2 Å². The number of nitrogens with zero attached hydrogens (tertiary/aromatic N) is 3. The largest absolute Gasteiger partial charge is 0.395 e. The molecule has 0 unspecified atom stereocenters. The lowest BCUT2D eigenvalue weighted by atomic mass is 9.91. The summed E-state index contributed by atoms with van der Waals surface area (Å²) in [5.74, 6) is -0.254. The van der Waals surface area contributed by atoms with Gasteiger partial charge in [-0.15, -0.1) is 10.2 Å². The van der Waals surface area contributed by atoms with Crippen molar-refractivity contribution in [3.8, 4) is 0 Å². The van der Waals surface area contributed by atoms with Crippen molar-refractivity contribution in [1.82, 2.24) is 15.1 Å². The molecule has 5 nitrogen and oxygen atoms in total. The average molecular weight is 290 g/mol. The molecule has 1 aromatic heterocycles. The summed E-state index contributed by atoms with van der Waals surface area (Å²) in [6.07, 6.45) is 3.01. The summed E-state index contributed by atoms with van der Waals surface area (Å²) in [4.78, 5) is 14.0. The highest BCUT2D eigenvalue weighted by atomic mass is 35.5. The Morgan fingerprint density at radius 1 is 1.44 bits per heavy atom. The lowest BCUT2D eigenvalue weighted by Crippen LogP contribution is -2.45. The monoisotopic (exact) mass is 289 g/mol.